The molecule has 21 heavy (non-hydrogen) atoms. The van der Waals surface area contributed by atoms with Crippen LogP contribution in [0.1, 0.15) is 25.7 Å². The highest BCUT2D eigenvalue weighted by molar-refractivity contribution is 5.71. The van der Waals surface area contributed by atoms with E-state index in [-0.39, 0.29) is 6.04 Å². The van der Waals surface area contributed by atoms with Gasteiger partial charge in [0.1, 0.15) is 5.75 Å². The maximum atomic E-state index is 11.8. The number of rotatable bonds is 3. The minimum Gasteiger partial charge on any atom is -0.410 e. The fraction of sp³-hybridized carbons (Fsp3) is 0.429. The van der Waals surface area contributed by atoms with Crippen LogP contribution in [0.15, 0.2) is 24.3 Å². The lowest BCUT2D eigenvalue weighted by atomic mass is 10.2. The van der Waals surface area contributed by atoms with Crippen molar-refractivity contribution in [2.75, 3.05) is 0 Å². The molecule has 0 aliphatic heterocycles. The third-order valence-corrected chi connectivity index (χ3v) is 3.49. The summed E-state index contributed by atoms with van der Waals surface area (Å²) in [6, 6.07) is 7.34. The lowest BCUT2D eigenvalue weighted by Crippen LogP contribution is -2.34. The number of aromatic nitrogens is 4. The van der Waals surface area contributed by atoms with E-state index in [0.29, 0.717) is 11.6 Å². The SMILES string of the molecule is Cn1nnc(-c2cccc(OC(=O)NC3CCCC3)c2)n1. The van der Waals surface area contributed by atoms with Crippen molar-refractivity contribution in [3.63, 3.8) is 0 Å². The van der Waals surface area contributed by atoms with Gasteiger partial charge >= 0.3 is 6.09 Å². The quantitative estimate of drug-likeness (QED) is 0.932. The maximum Gasteiger partial charge on any atom is 0.412 e. The summed E-state index contributed by atoms with van der Waals surface area (Å²) >= 11 is 0. The number of nitrogens with zero attached hydrogens (tertiary/aromatic N) is 4. The number of benzene rings is 1. The lowest BCUT2D eigenvalue weighted by Gasteiger charge is -2.12. The zero-order valence-corrected chi connectivity index (χ0v) is 11.8. The molecule has 0 atom stereocenters. The van der Waals surface area contributed by atoms with Crippen molar-refractivity contribution in [1.29, 1.82) is 0 Å². The molecule has 1 heterocycles. The van der Waals surface area contributed by atoms with Gasteiger partial charge in [0.15, 0.2) is 0 Å². The summed E-state index contributed by atoms with van der Waals surface area (Å²) < 4.78 is 5.31. The van der Waals surface area contributed by atoms with Crippen LogP contribution in [0.4, 0.5) is 4.79 Å². The number of tetrazole rings is 1. The van der Waals surface area contributed by atoms with Crippen LogP contribution >= 0.6 is 0 Å². The zero-order chi connectivity index (χ0) is 14.7. The monoisotopic (exact) mass is 287 g/mol. The second kappa shape index (κ2) is 5.90. The smallest absolute Gasteiger partial charge is 0.410 e. The van der Waals surface area contributed by atoms with Crippen molar-refractivity contribution >= 4 is 6.09 Å². The molecule has 0 saturated heterocycles. The third kappa shape index (κ3) is 3.36. The summed E-state index contributed by atoms with van der Waals surface area (Å²) in [6.07, 6.45) is 3.97. The number of amides is 1. The normalized spacial score (nSPS) is 15.1. The van der Waals surface area contributed by atoms with Crippen LogP contribution in [0, 0.1) is 0 Å². The van der Waals surface area contributed by atoms with E-state index in [1.54, 1.807) is 25.2 Å². The number of hydrogen-bond acceptors (Lipinski definition) is 5. The predicted octanol–water partition coefficient (Wildman–Crippen LogP) is 1.91. The molecule has 0 bridgehead atoms. The third-order valence-electron chi connectivity index (χ3n) is 3.49. The van der Waals surface area contributed by atoms with Crippen molar-refractivity contribution < 1.29 is 9.53 Å². The Hall–Kier alpha value is -2.44. The van der Waals surface area contributed by atoms with Gasteiger partial charge in [-0.25, -0.2) is 4.79 Å². The molecule has 1 aromatic carbocycles. The van der Waals surface area contributed by atoms with Crippen LogP contribution in [-0.4, -0.2) is 32.3 Å². The molecule has 1 N–H and O–H groups in total. The van der Waals surface area contributed by atoms with Crippen LogP contribution in [0.3, 0.4) is 0 Å². The van der Waals surface area contributed by atoms with E-state index >= 15 is 0 Å². The molecule has 1 saturated carbocycles. The molecule has 3 rings (SSSR count). The predicted molar refractivity (Wildman–Crippen MR) is 75.6 cm³/mol. The Balaban J connectivity index is 1.66. The van der Waals surface area contributed by atoms with Crippen LogP contribution in [0.5, 0.6) is 5.75 Å². The maximum absolute atomic E-state index is 11.8. The van der Waals surface area contributed by atoms with E-state index in [2.05, 4.69) is 20.7 Å². The fourth-order valence-corrected chi connectivity index (χ4v) is 2.47. The van der Waals surface area contributed by atoms with Crippen LogP contribution in [0.2, 0.25) is 0 Å². The zero-order valence-electron chi connectivity index (χ0n) is 11.8. The van der Waals surface area contributed by atoms with Gasteiger partial charge in [-0.15, -0.1) is 10.2 Å². The van der Waals surface area contributed by atoms with Gasteiger partial charge in [0.2, 0.25) is 5.82 Å². The molecule has 1 aliphatic carbocycles. The summed E-state index contributed by atoms with van der Waals surface area (Å²) in [5.74, 6) is 0.967. The summed E-state index contributed by atoms with van der Waals surface area (Å²) in [5.41, 5.74) is 0.759. The number of carbonyl (C=O) groups is 1. The Bertz CT molecular complexity index is 634. The molecule has 1 aliphatic rings. The molecule has 7 heteroatoms. The molecule has 0 radical (unpaired) electrons. The minimum absolute atomic E-state index is 0.238. The first-order valence-corrected chi connectivity index (χ1v) is 7.03. The molecule has 2 aromatic rings. The van der Waals surface area contributed by atoms with Gasteiger partial charge in [-0.05, 0) is 30.2 Å². The molecule has 0 spiro atoms. The molecular formula is C14H17N5O2. The number of ether oxygens (including phenoxy) is 1. The first-order valence-electron chi connectivity index (χ1n) is 7.03. The first-order chi connectivity index (χ1) is 10.2. The Morgan fingerprint density at radius 1 is 1.38 bits per heavy atom. The minimum atomic E-state index is -0.411. The van der Waals surface area contributed by atoms with Crippen molar-refractivity contribution in [2.45, 2.75) is 31.7 Å². The van der Waals surface area contributed by atoms with Crippen molar-refractivity contribution in [2.24, 2.45) is 7.05 Å². The summed E-state index contributed by atoms with van der Waals surface area (Å²) in [5, 5.41) is 14.7. The van der Waals surface area contributed by atoms with Gasteiger partial charge < -0.3 is 10.1 Å². The van der Waals surface area contributed by atoms with Crippen LogP contribution in [-0.2, 0) is 7.05 Å². The Kier molecular flexibility index (Phi) is 3.81. The van der Waals surface area contributed by atoms with E-state index < -0.39 is 6.09 Å². The fourth-order valence-electron chi connectivity index (χ4n) is 2.47. The topological polar surface area (TPSA) is 81.9 Å². The first kappa shape index (κ1) is 13.5. The average molecular weight is 287 g/mol. The second-order valence-corrected chi connectivity index (χ2v) is 5.15. The van der Waals surface area contributed by atoms with Gasteiger partial charge in [-0.3, -0.25) is 0 Å². The van der Waals surface area contributed by atoms with Crippen molar-refractivity contribution in [1.82, 2.24) is 25.5 Å². The molecule has 1 aromatic heterocycles. The highest BCUT2D eigenvalue weighted by Gasteiger charge is 2.18. The average Bonchev–Trinajstić information content (AvgIpc) is 3.10. The van der Waals surface area contributed by atoms with E-state index in [0.717, 1.165) is 18.4 Å². The van der Waals surface area contributed by atoms with Gasteiger partial charge in [0, 0.05) is 11.6 Å². The van der Waals surface area contributed by atoms with E-state index in [4.69, 9.17) is 4.74 Å². The van der Waals surface area contributed by atoms with Gasteiger partial charge in [-0.2, -0.15) is 4.80 Å². The Morgan fingerprint density at radius 2 is 2.19 bits per heavy atom. The van der Waals surface area contributed by atoms with Crippen LogP contribution in [0.25, 0.3) is 11.4 Å². The second-order valence-electron chi connectivity index (χ2n) is 5.15. The molecule has 7 nitrogen and oxygen atoms in total. The van der Waals surface area contributed by atoms with Gasteiger partial charge in [0.25, 0.3) is 0 Å². The molecule has 1 amide bonds. The lowest BCUT2D eigenvalue weighted by molar-refractivity contribution is 0.196. The molecule has 0 unspecified atom stereocenters. The summed E-state index contributed by atoms with van der Waals surface area (Å²) in [6.45, 7) is 0. The van der Waals surface area contributed by atoms with Crippen molar-refractivity contribution in [3.05, 3.63) is 24.3 Å². The highest BCUT2D eigenvalue weighted by Crippen LogP contribution is 2.21. The molecular weight excluding hydrogens is 270 g/mol. The van der Waals surface area contributed by atoms with E-state index in [1.807, 2.05) is 6.07 Å². The number of aryl methyl sites for hydroxylation is 1. The summed E-state index contributed by atoms with van der Waals surface area (Å²) in [4.78, 5) is 13.2. The standard InChI is InChI=1S/C14H17N5O2/c1-19-17-13(16-18-19)10-5-4-8-12(9-10)21-14(20)15-11-6-2-3-7-11/h4-5,8-9,11H,2-3,6-7H2,1H3,(H,15,20). The number of carbonyl (C=O) groups excluding carboxylic acids is 1. The highest BCUT2D eigenvalue weighted by atomic mass is 16.6. The largest absolute Gasteiger partial charge is 0.412 e. The van der Waals surface area contributed by atoms with E-state index in [1.165, 1.54) is 17.6 Å². The van der Waals surface area contributed by atoms with E-state index in [9.17, 15) is 4.79 Å². The Labute approximate surface area is 122 Å². The molecule has 1 fully saturated rings. The van der Waals surface area contributed by atoms with Gasteiger partial charge in [0.05, 0.1) is 7.05 Å². The summed E-state index contributed by atoms with van der Waals surface area (Å²) in [7, 11) is 1.70. The van der Waals surface area contributed by atoms with Crippen LogP contribution < -0.4 is 10.1 Å². The van der Waals surface area contributed by atoms with Gasteiger partial charge in [-0.1, -0.05) is 25.0 Å². The molecule has 110 valence electrons. The van der Waals surface area contributed by atoms with Crippen molar-refractivity contribution in [3.8, 4) is 17.1 Å². The Morgan fingerprint density at radius 3 is 2.90 bits per heavy atom. The number of nitrogens with one attached hydrogen (secondary N) is 1. The number of hydrogen-bond donors (Lipinski definition) is 1.